The molecule has 0 atom stereocenters. The molecule has 5 nitrogen and oxygen atoms in total. The van der Waals surface area contributed by atoms with E-state index in [-0.39, 0.29) is 17.9 Å². The third kappa shape index (κ3) is 8.29. The van der Waals surface area contributed by atoms with Gasteiger partial charge in [-0.05, 0) is 50.4 Å². The number of hydrogen-bond donors (Lipinski definition) is 2. The van der Waals surface area contributed by atoms with Gasteiger partial charge in [0.2, 0.25) is 0 Å². The molecule has 1 saturated heterocycles. The summed E-state index contributed by atoms with van der Waals surface area (Å²) in [5.74, 6) is -0.270. The van der Waals surface area contributed by atoms with Gasteiger partial charge in [-0.15, -0.1) is 0 Å². The average Bonchev–Trinajstić information content (AvgIpc) is 2.65. The van der Waals surface area contributed by atoms with Crippen molar-refractivity contribution >= 4 is 5.96 Å². The number of nitrogens with one attached hydrogen (secondary N) is 2. The number of nitrogens with zero attached hydrogens (tertiary/aromatic N) is 2. The quantitative estimate of drug-likeness (QED) is 0.367. The molecule has 170 valence electrons. The Hall–Kier alpha value is -2.17. The number of ether oxygens (including phenoxy) is 1. The Bertz CT molecular complexity index is 690. The van der Waals surface area contributed by atoms with E-state index in [0.717, 1.165) is 12.5 Å². The smallest absolute Gasteiger partial charge is 0.401 e. The number of benzene rings is 1. The summed E-state index contributed by atoms with van der Waals surface area (Å²) in [4.78, 5) is 5.42. The van der Waals surface area contributed by atoms with Crippen LogP contribution in [-0.2, 0) is 6.54 Å². The van der Waals surface area contributed by atoms with Crippen LogP contribution in [0.2, 0.25) is 0 Å². The number of halogens is 6. The normalized spacial score (nSPS) is 16.7. The predicted molar refractivity (Wildman–Crippen MR) is 101 cm³/mol. The first-order valence-corrected chi connectivity index (χ1v) is 9.63. The second-order valence-corrected chi connectivity index (χ2v) is 7.07. The van der Waals surface area contributed by atoms with Crippen LogP contribution < -0.4 is 15.4 Å². The SMILES string of the molecule is CN=C(NCCC1CCN(CC(F)(F)F)CC1)NCc1c(F)cccc1OC(F)F. The molecule has 0 radical (unpaired) electrons. The number of alkyl halides is 5. The first-order chi connectivity index (χ1) is 14.2. The van der Waals surface area contributed by atoms with Crippen molar-refractivity contribution in [2.45, 2.75) is 38.6 Å². The summed E-state index contributed by atoms with van der Waals surface area (Å²) < 4.78 is 80.6. The van der Waals surface area contributed by atoms with Gasteiger partial charge in [0.1, 0.15) is 11.6 Å². The van der Waals surface area contributed by atoms with E-state index in [1.165, 1.54) is 24.1 Å². The monoisotopic (exact) mass is 440 g/mol. The van der Waals surface area contributed by atoms with E-state index in [0.29, 0.717) is 44.4 Å². The lowest BCUT2D eigenvalue weighted by atomic mass is 9.93. The topological polar surface area (TPSA) is 48.9 Å². The second kappa shape index (κ2) is 11.3. The van der Waals surface area contributed by atoms with Crippen molar-refractivity contribution in [3.05, 3.63) is 29.6 Å². The summed E-state index contributed by atoms with van der Waals surface area (Å²) in [5, 5.41) is 5.90. The number of rotatable bonds is 8. The van der Waals surface area contributed by atoms with Crippen LogP contribution in [0.5, 0.6) is 5.75 Å². The van der Waals surface area contributed by atoms with E-state index < -0.39 is 25.1 Å². The van der Waals surface area contributed by atoms with E-state index in [4.69, 9.17) is 0 Å². The van der Waals surface area contributed by atoms with E-state index in [2.05, 4.69) is 20.4 Å². The van der Waals surface area contributed by atoms with Gasteiger partial charge < -0.3 is 15.4 Å². The van der Waals surface area contributed by atoms with Crippen LogP contribution in [-0.4, -0.2) is 56.9 Å². The zero-order chi connectivity index (χ0) is 22.1. The molecular formula is C19H26F6N4O. The highest BCUT2D eigenvalue weighted by atomic mass is 19.4. The van der Waals surface area contributed by atoms with Gasteiger partial charge >= 0.3 is 12.8 Å². The van der Waals surface area contributed by atoms with Crippen LogP contribution in [0.4, 0.5) is 26.3 Å². The molecule has 0 unspecified atom stereocenters. The van der Waals surface area contributed by atoms with Gasteiger partial charge in [-0.1, -0.05) is 6.07 Å². The molecule has 0 aromatic heterocycles. The first kappa shape index (κ1) is 24.1. The first-order valence-electron chi connectivity index (χ1n) is 9.63. The minimum absolute atomic E-state index is 0.0437. The molecule has 2 rings (SSSR count). The van der Waals surface area contributed by atoms with Crippen LogP contribution in [0.3, 0.4) is 0 Å². The Morgan fingerprint density at radius 3 is 2.53 bits per heavy atom. The fourth-order valence-corrected chi connectivity index (χ4v) is 3.39. The van der Waals surface area contributed by atoms with E-state index in [1.807, 2.05) is 0 Å². The molecular weight excluding hydrogens is 414 g/mol. The maximum absolute atomic E-state index is 14.0. The second-order valence-electron chi connectivity index (χ2n) is 7.07. The Kier molecular flexibility index (Phi) is 9.07. The average molecular weight is 440 g/mol. The highest BCUT2D eigenvalue weighted by Gasteiger charge is 2.32. The molecule has 30 heavy (non-hydrogen) atoms. The minimum atomic E-state index is -4.18. The summed E-state index contributed by atoms with van der Waals surface area (Å²) in [6.07, 6.45) is -2.05. The van der Waals surface area contributed by atoms with Crippen LogP contribution in [0.25, 0.3) is 0 Å². The van der Waals surface area contributed by atoms with E-state index in [9.17, 15) is 26.3 Å². The molecule has 0 saturated carbocycles. The Morgan fingerprint density at radius 1 is 1.23 bits per heavy atom. The molecule has 0 bridgehead atoms. The van der Waals surface area contributed by atoms with Crippen molar-refractivity contribution in [2.24, 2.45) is 10.9 Å². The predicted octanol–water partition coefficient (Wildman–Crippen LogP) is 3.76. The fourth-order valence-electron chi connectivity index (χ4n) is 3.39. The summed E-state index contributed by atoms with van der Waals surface area (Å²) in [7, 11) is 1.52. The van der Waals surface area contributed by atoms with Gasteiger partial charge in [-0.3, -0.25) is 9.89 Å². The summed E-state index contributed by atoms with van der Waals surface area (Å²) in [6, 6.07) is 3.69. The fraction of sp³-hybridized carbons (Fsp3) is 0.632. The number of hydrogen-bond acceptors (Lipinski definition) is 3. The maximum Gasteiger partial charge on any atom is 0.401 e. The number of guanidine groups is 1. The lowest BCUT2D eigenvalue weighted by Crippen LogP contribution is -2.41. The molecule has 1 aromatic carbocycles. The third-order valence-corrected chi connectivity index (χ3v) is 4.90. The Morgan fingerprint density at radius 2 is 1.93 bits per heavy atom. The molecule has 0 aliphatic carbocycles. The molecule has 1 aromatic rings. The highest BCUT2D eigenvalue weighted by molar-refractivity contribution is 5.79. The molecule has 1 fully saturated rings. The van der Waals surface area contributed by atoms with Crippen LogP contribution in [0.1, 0.15) is 24.8 Å². The lowest BCUT2D eigenvalue weighted by Gasteiger charge is -2.32. The molecule has 1 heterocycles. The van der Waals surface area contributed by atoms with E-state index in [1.54, 1.807) is 0 Å². The van der Waals surface area contributed by atoms with Gasteiger partial charge in [0, 0.05) is 25.7 Å². The molecule has 0 amide bonds. The van der Waals surface area contributed by atoms with Crippen molar-refractivity contribution in [1.29, 1.82) is 0 Å². The van der Waals surface area contributed by atoms with Gasteiger partial charge in [0.25, 0.3) is 0 Å². The maximum atomic E-state index is 14.0. The molecule has 0 spiro atoms. The lowest BCUT2D eigenvalue weighted by molar-refractivity contribution is -0.148. The van der Waals surface area contributed by atoms with Crippen molar-refractivity contribution < 1.29 is 31.1 Å². The van der Waals surface area contributed by atoms with Crippen LogP contribution in [0.15, 0.2) is 23.2 Å². The highest BCUT2D eigenvalue weighted by Crippen LogP contribution is 2.24. The van der Waals surface area contributed by atoms with E-state index >= 15 is 0 Å². The zero-order valence-corrected chi connectivity index (χ0v) is 16.6. The summed E-state index contributed by atoms with van der Waals surface area (Å²) >= 11 is 0. The van der Waals surface area contributed by atoms with Gasteiger partial charge in [0.15, 0.2) is 5.96 Å². The van der Waals surface area contributed by atoms with Gasteiger partial charge in [0.05, 0.1) is 6.54 Å². The molecule has 2 N–H and O–H groups in total. The largest absolute Gasteiger partial charge is 0.434 e. The molecule has 1 aliphatic rings. The minimum Gasteiger partial charge on any atom is -0.434 e. The van der Waals surface area contributed by atoms with Crippen LogP contribution >= 0.6 is 0 Å². The number of aliphatic imine (C=N–C) groups is 1. The van der Waals surface area contributed by atoms with Crippen molar-refractivity contribution in [3.8, 4) is 5.75 Å². The summed E-state index contributed by atoms with van der Waals surface area (Å²) in [6.45, 7) is -2.69. The van der Waals surface area contributed by atoms with Gasteiger partial charge in [-0.2, -0.15) is 22.0 Å². The van der Waals surface area contributed by atoms with Crippen molar-refractivity contribution in [3.63, 3.8) is 0 Å². The standard InChI is InChI=1S/C19H26F6N4O/c1-26-18(28-11-14-15(20)3-2-4-16(14)30-17(21)22)27-8-5-13-6-9-29(10-7-13)12-19(23,24)25/h2-4,13,17H,5-12H2,1H3,(H2,26,27,28). The molecule has 11 heteroatoms. The van der Waals surface area contributed by atoms with Crippen LogP contribution in [0, 0.1) is 11.7 Å². The molecule has 1 aliphatic heterocycles. The summed E-state index contributed by atoms with van der Waals surface area (Å²) in [5.41, 5.74) is -0.0437. The Labute approximate surface area is 171 Å². The number of piperidine rings is 1. The Balaban J connectivity index is 1.75. The van der Waals surface area contributed by atoms with Crippen molar-refractivity contribution in [2.75, 3.05) is 33.2 Å². The van der Waals surface area contributed by atoms with Gasteiger partial charge in [-0.25, -0.2) is 4.39 Å². The third-order valence-electron chi connectivity index (χ3n) is 4.90. The van der Waals surface area contributed by atoms with Crippen molar-refractivity contribution in [1.82, 2.24) is 15.5 Å². The number of likely N-dealkylation sites (tertiary alicyclic amines) is 1. The zero-order valence-electron chi connectivity index (χ0n) is 16.6.